The highest BCUT2D eigenvalue weighted by Gasteiger charge is 2.24. The summed E-state index contributed by atoms with van der Waals surface area (Å²) in [5.74, 6) is 0. The van der Waals surface area contributed by atoms with Gasteiger partial charge >= 0.3 is 0 Å². The Morgan fingerprint density at radius 3 is 0.635 bits per heavy atom. The Bertz CT molecular complexity index is 574. The van der Waals surface area contributed by atoms with Crippen molar-refractivity contribution in [1.82, 2.24) is 0 Å². The lowest BCUT2D eigenvalue weighted by atomic mass is 9.94. The largest absolute Gasteiger partial charge is 0.396 e. The summed E-state index contributed by atoms with van der Waals surface area (Å²) in [4.78, 5) is 0. The summed E-state index contributed by atoms with van der Waals surface area (Å²) in [5, 5.41) is 9.97. The SMILES string of the molecule is CCCCCCCCCCCCCCCCCCCCCCOCC(C)(CO)COCCCCCCCCCCCCCCCCCCCCCC. The molecule has 0 bridgehead atoms. The van der Waals surface area contributed by atoms with Gasteiger partial charge < -0.3 is 14.6 Å². The van der Waals surface area contributed by atoms with Crippen LogP contribution in [0, 0.1) is 5.41 Å². The number of unbranched alkanes of at least 4 members (excludes halogenated alkanes) is 38. The van der Waals surface area contributed by atoms with E-state index in [0.717, 1.165) is 26.1 Å². The van der Waals surface area contributed by atoms with Crippen LogP contribution in [0.3, 0.4) is 0 Å². The summed E-state index contributed by atoms with van der Waals surface area (Å²) in [6.07, 6.45) is 56.4. The van der Waals surface area contributed by atoms with Gasteiger partial charge in [0.05, 0.1) is 19.8 Å². The van der Waals surface area contributed by atoms with E-state index in [1.54, 1.807) is 0 Å². The van der Waals surface area contributed by atoms with Crippen molar-refractivity contribution in [3.63, 3.8) is 0 Å². The van der Waals surface area contributed by atoms with E-state index < -0.39 is 0 Å². The molecule has 0 aliphatic rings. The Morgan fingerprint density at radius 2 is 0.462 bits per heavy atom. The summed E-state index contributed by atoms with van der Waals surface area (Å²) >= 11 is 0. The van der Waals surface area contributed by atoms with Gasteiger partial charge in [-0.1, -0.05) is 265 Å². The van der Waals surface area contributed by atoms with E-state index in [1.165, 1.54) is 244 Å². The maximum Gasteiger partial charge on any atom is 0.0563 e. The summed E-state index contributed by atoms with van der Waals surface area (Å²) in [7, 11) is 0. The third-order valence-electron chi connectivity index (χ3n) is 11.6. The van der Waals surface area contributed by atoms with E-state index >= 15 is 0 Å². The minimum absolute atomic E-state index is 0.130. The van der Waals surface area contributed by atoms with E-state index in [0.29, 0.717) is 13.2 Å². The minimum atomic E-state index is -0.277. The highest BCUT2D eigenvalue weighted by Crippen LogP contribution is 2.19. The topological polar surface area (TPSA) is 38.7 Å². The fourth-order valence-electron chi connectivity index (χ4n) is 7.69. The Labute approximate surface area is 329 Å². The highest BCUT2D eigenvalue weighted by molar-refractivity contribution is 4.72. The molecule has 0 fully saturated rings. The van der Waals surface area contributed by atoms with Crippen molar-refractivity contribution < 1.29 is 14.6 Å². The lowest BCUT2D eigenvalue weighted by molar-refractivity contribution is -0.0418. The summed E-state index contributed by atoms with van der Waals surface area (Å²) < 4.78 is 12.0. The molecule has 0 aromatic rings. The predicted octanol–water partition coefficient (Wildman–Crippen LogP) is 16.7. The van der Waals surface area contributed by atoms with Crippen molar-refractivity contribution in [2.24, 2.45) is 5.41 Å². The van der Waals surface area contributed by atoms with Crippen LogP contribution in [0.15, 0.2) is 0 Å². The third-order valence-corrected chi connectivity index (χ3v) is 11.6. The maximum atomic E-state index is 9.97. The first-order valence-electron chi connectivity index (χ1n) is 24.4. The molecule has 0 aliphatic heterocycles. The number of ether oxygens (including phenoxy) is 2. The van der Waals surface area contributed by atoms with Crippen LogP contribution >= 0.6 is 0 Å². The van der Waals surface area contributed by atoms with Gasteiger partial charge in [-0.3, -0.25) is 0 Å². The highest BCUT2D eigenvalue weighted by atomic mass is 16.5. The molecule has 314 valence electrons. The zero-order chi connectivity index (χ0) is 37.7. The number of aliphatic hydroxyl groups is 1. The third kappa shape index (κ3) is 42.6. The molecule has 0 rings (SSSR count). The molecule has 0 unspecified atom stereocenters. The van der Waals surface area contributed by atoms with Gasteiger partial charge in [0.2, 0.25) is 0 Å². The Hall–Kier alpha value is -0.120. The van der Waals surface area contributed by atoms with Gasteiger partial charge in [0.1, 0.15) is 0 Å². The summed E-state index contributed by atoms with van der Waals surface area (Å²) in [6.45, 7) is 9.66. The van der Waals surface area contributed by atoms with Crippen molar-refractivity contribution in [1.29, 1.82) is 0 Å². The van der Waals surface area contributed by atoms with Crippen LogP contribution in [0.25, 0.3) is 0 Å². The van der Waals surface area contributed by atoms with Crippen molar-refractivity contribution in [3.8, 4) is 0 Å². The number of hydrogen-bond donors (Lipinski definition) is 1. The van der Waals surface area contributed by atoms with Crippen molar-refractivity contribution >= 4 is 0 Å². The molecular formula is C49H100O3. The van der Waals surface area contributed by atoms with Crippen LogP contribution in [-0.2, 0) is 9.47 Å². The van der Waals surface area contributed by atoms with Gasteiger partial charge in [-0.15, -0.1) is 0 Å². The monoisotopic (exact) mass is 737 g/mol. The second-order valence-electron chi connectivity index (χ2n) is 17.5. The smallest absolute Gasteiger partial charge is 0.0563 e. The first-order chi connectivity index (χ1) is 25.7. The first-order valence-corrected chi connectivity index (χ1v) is 24.4. The fraction of sp³-hybridized carbons (Fsp3) is 1.00. The van der Waals surface area contributed by atoms with Crippen LogP contribution in [0.5, 0.6) is 0 Å². The number of hydrogen-bond acceptors (Lipinski definition) is 3. The molecule has 0 aromatic carbocycles. The second kappa shape index (κ2) is 45.3. The predicted molar refractivity (Wildman–Crippen MR) is 233 cm³/mol. The van der Waals surface area contributed by atoms with Crippen LogP contribution in [0.2, 0.25) is 0 Å². The summed E-state index contributed by atoms with van der Waals surface area (Å²) in [5.41, 5.74) is -0.277. The van der Waals surface area contributed by atoms with Crippen LogP contribution in [0.4, 0.5) is 0 Å². The van der Waals surface area contributed by atoms with Crippen LogP contribution < -0.4 is 0 Å². The Morgan fingerprint density at radius 1 is 0.288 bits per heavy atom. The zero-order valence-corrected chi connectivity index (χ0v) is 36.6. The van der Waals surface area contributed by atoms with Crippen molar-refractivity contribution in [2.45, 2.75) is 278 Å². The van der Waals surface area contributed by atoms with Crippen molar-refractivity contribution in [2.75, 3.05) is 33.0 Å². The standard InChI is InChI=1S/C49H100O3/c1-4-6-8-10-12-14-16-18-20-22-24-26-28-30-32-34-36-38-40-42-44-51-47-49(3,46-50)48-52-45-43-41-39-37-35-33-31-29-27-25-23-21-19-17-15-13-11-9-7-5-2/h50H,4-48H2,1-3H3. The van der Waals surface area contributed by atoms with Gasteiger partial charge in [-0.2, -0.15) is 0 Å². The van der Waals surface area contributed by atoms with E-state index in [2.05, 4.69) is 20.8 Å². The molecule has 0 aromatic heterocycles. The average molecular weight is 737 g/mol. The van der Waals surface area contributed by atoms with Gasteiger partial charge in [0, 0.05) is 18.6 Å². The van der Waals surface area contributed by atoms with Gasteiger partial charge in [0.25, 0.3) is 0 Å². The molecule has 0 amide bonds. The second-order valence-corrected chi connectivity index (χ2v) is 17.5. The molecule has 52 heavy (non-hydrogen) atoms. The fourth-order valence-corrected chi connectivity index (χ4v) is 7.69. The van der Waals surface area contributed by atoms with Gasteiger partial charge in [-0.05, 0) is 12.8 Å². The minimum Gasteiger partial charge on any atom is -0.396 e. The first kappa shape index (κ1) is 51.9. The van der Waals surface area contributed by atoms with E-state index in [-0.39, 0.29) is 12.0 Å². The van der Waals surface area contributed by atoms with E-state index in [9.17, 15) is 5.11 Å². The normalized spacial score (nSPS) is 12.0. The lowest BCUT2D eigenvalue weighted by Gasteiger charge is -2.26. The molecule has 3 heteroatoms. The average Bonchev–Trinajstić information content (AvgIpc) is 3.15. The van der Waals surface area contributed by atoms with Crippen LogP contribution in [-0.4, -0.2) is 38.1 Å². The number of aliphatic hydroxyl groups excluding tert-OH is 1. The molecule has 0 spiro atoms. The van der Waals surface area contributed by atoms with Crippen LogP contribution in [0.1, 0.15) is 278 Å². The molecular weight excluding hydrogens is 637 g/mol. The molecule has 0 saturated carbocycles. The molecule has 0 saturated heterocycles. The Balaban J connectivity index is 3.33. The molecule has 0 aliphatic carbocycles. The Kier molecular flexibility index (Phi) is 45.2. The van der Waals surface area contributed by atoms with E-state index in [4.69, 9.17) is 9.47 Å². The molecule has 0 radical (unpaired) electrons. The van der Waals surface area contributed by atoms with Gasteiger partial charge in [0.15, 0.2) is 0 Å². The molecule has 0 atom stereocenters. The van der Waals surface area contributed by atoms with Gasteiger partial charge in [-0.25, -0.2) is 0 Å². The number of rotatable bonds is 47. The lowest BCUT2D eigenvalue weighted by Crippen LogP contribution is -2.33. The van der Waals surface area contributed by atoms with Crippen molar-refractivity contribution in [3.05, 3.63) is 0 Å². The molecule has 3 nitrogen and oxygen atoms in total. The molecule has 1 N–H and O–H groups in total. The maximum absolute atomic E-state index is 9.97. The summed E-state index contributed by atoms with van der Waals surface area (Å²) in [6, 6.07) is 0. The zero-order valence-electron chi connectivity index (χ0n) is 36.6. The quantitative estimate of drug-likeness (QED) is 0.0632. The van der Waals surface area contributed by atoms with E-state index in [1.807, 2.05) is 0 Å². The molecule has 0 heterocycles.